The number of aromatic nitrogens is 3. The third-order valence-corrected chi connectivity index (χ3v) is 4.84. The highest BCUT2D eigenvalue weighted by Gasteiger charge is 2.20. The van der Waals surface area contributed by atoms with Crippen LogP contribution in [0.15, 0.2) is 42.7 Å². The number of rotatable bonds is 6. The predicted octanol–water partition coefficient (Wildman–Crippen LogP) is 4.12. The van der Waals surface area contributed by atoms with E-state index in [0.29, 0.717) is 34.3 Å². The zero-order valence-electron chi connectivity index (χ0n) is 16.6. The number of hydrogen-bond donors (Lipinski definition) is 2. The van der Waals surface area contributed by atoms with E-state index in [-0.39, 0.29) is 5.78 Å². The summed E-state index contributed by atoms with van der Waals surface area (Å²) in [4.78, 5) is 23.8. The molecule has 0 atom stereocenters. The number of hydrogen-bond acceptors (Lipinski definition) is 5. The topological polar surface area (TPSA) is 89.2 Å². The summed E-state index contributed by atoms with van der Waals surface area (Å²) in [6.07, 6.45) is 3.42. The Bertz CT molecular complexity index is 1180. The maximum atomic E-state index is 13.0. The average molecular weight is 391 g/mol. The zero-order valence-corrected chi connectivity index (χ0v) is 16.6. The van der Waals surface area contributed by atoms with E-state index in [1.165, 1.54) is 33.1 Å². The molecule has 0 bridgehead atoms. The van der Waals surface area contributed by atoms with E-state index in [1.807, 2.05) is 25.3 Å². The van der Waals surface area contributed by atoms with E-state index in [4.69, 9.17) is 14.2 Å². The van der Waals surface area contributed by atoms with Crippen LogP contribution >= 0.6 is 0 Å². The van der Waals surface area contributed by atoms with Crippen LogP contribution in [0.5, 0.6) is 17.2 Å². The number of methoxy groups -OCH3 is 3. The number of ketones is 1. The number of aryl methyl sites for hydroxylation is 1. The van der Waals surface area contributed by atoms with E-state index in [0.717, 1.165) is 16.5 Å². The molecule has 7 nitrogen and oxygen atoms in total. The number of aromatic amines is 2. The number of imidazole rings is 1. The minimum atomic E-state index is -0.223. The van der Waals surface area contributed by atoms with Gasteiger partial charge >= 0.3 is 0 Å². The Labute approximate surface area is 167 Å². The van der Waals surface area contributed by atoms with Gasteiger partial charge in [0.25, 0.3) is 0 Å². The van der Waals surface area contributed by atoms with Gasteiger partial charge in [0.2, 0.25) is 11.5 Å². The normalized spacial score (nSPS) is 10.9. The van der Waals surface area contributed by atoms with Gasteiger partial charge in [0.15, 0.2) is 11.5 Å². The van der Waals surface area contributed by atoms with Crippen molar-refractivity contribution in [3.8, 4) is 28.6 Å². The SMILES string of the molecule is COc1cc(C(=O)c2cnc(-c3c[nH]c4cc(C)ccc34)[nH]2)cc(OC)c1OC. The van der Waals surface area contributed by atoms with Crippen molar-refractivity contribution in [2.75, 3.05) is 21.3 Å². The Kier molecular flexibility index (Phi) is 4.72. The van der Waals surface area contributed by atoms with Gasteiger partial charge in [-0.15, -0.1) is 0 Å². The van der Waals surface area contributed by atoms with Crippen LogP contribution in [0.4, 0.5) is 0 Å². The van der Waals surface area contributed by atoms with Crippen molar-refractivity contribution in [1.29, 1.82) is 0 Å². The first kappa shape index (κ1) is 18.6. The van der Waals surface area contributed by atoms with E-state index in [2.05, 4.69) is 21.0 Å². The molecule has 0 fully saturated rings. The van der Waals surface area contributed by atoms with Crippen LogP contribution < -0.4 is 14.2 Å². The smallest absolute Gasteiger partial charge is 0.211 e. The Hall–Kier alpha value is -3.74. The second-order valence-electron chi connectivity index (χ2n) is 6.64. The summed E-state index contributed by atoms with van der Waals surface area (Å²) in [6, 6.07) is 9.41. The summed E-state index contributed by atoms with van der Waals surface area (Å²) in [5.41, 5.74) is 3.88. The van der Waals surface area contributed by atoms with Gasteiger partial charge in [0, 0.05) is 28.2 Å². The molecule has 0 aliphatic carbocycles. The van der Waals surface area contributed by atoms with Crippen molar-refractivity contribution in [2.45, 2.75) is 6.92 Å². The largest absolute Gasteiger partial charge is 0.493 e. The van der Waals surface area contributed by atoms with Crippen LogP contribution in [0.25, 0.3) is 22.3 Å². The molecular weight excluding hydrogens is 370 g/mol. The van der Waals surface area contributed by atoms with E-state index in [9.17, 15) is 4.79 Å². The first-order valence-corrected chi connectivity index (χ1v) is 9.03. The molecular formula is C22H21N3O4. The van der Waals surface area contributed by atoms with Crippen molar-refractivity contribution in [2.24, 2.45) is 0 Å². The molecule has 7 heteroatoms. The van der Waals surface area contributed by atoms with Gasteiger partial charge in [-0.05, 0) is 30.7 Å². The Morgan fingerprint density at radius 2 is 1.72 bits per heavy atom. The number of fused-ring (bicyclic) bond motifs is 1. The summed E-state index contributed by atoms with van der Waals surface area (Å²) in [5, 5.41) is 1.04. The fraction of sp³-hybridized carbons (Fsp3) is 0.182. The monoisotopic (exact) mass is 391 g/mol. The summed E-state index contributed by atoms with van der Waals surface area (Å²) in [7, 11) is 4.54. The Balaban J connectivity index is 1.72. The molecule has 0 radical (unpaired) electrons. The van der Waals surface area contributed by atoms with Crippen molar-refractivity contribution in [1.82, 2.24) is 15.0 Å². The third-order valence-electron chi connectivity index (χ3n) is 4.84. The van der Waals surface area contributed by atoms with Gasteiger partial charge in [0.1, 0.15) is 11.5 Å². The maximum absolute atomic E-state index is 13.0. The molecule has 0 saturated carbocycles. The second-order valence-corrected chi connectivity index (χ2v) is 6.64. The highest BCUT2D eigenvalue weighted by atomic mass is 16.5. The van der Waals surface area contributed by atoms with Crippen LogP contribution in [0.3, 0.4) is 0 Å². The number of carbonyl (C=O) groups excluding carboxylic acids is 1. The van der Waals surface area contributed by atoms with Gasteiger partial charge in [-0.3, -0.25) is 4.79 Å². The fourth-order valence-electron chi connectivity index (χ4n) is 3.38. The molecule has 148 valence electrons. The lowest BCUT2D eigenvalue weighted by Crippen LogP contribution is -2.04. The molecule has 2 heterocycles. The minimum absolute atomic E-state index is 0.223. The van der Waals surface area contributed by atoms with Crippen molar-refractivity contribution in [3.05, 3.63) is 59.5 Å². The van der Waals surface area contributed by atoms with Gasteiger partial charge in [-0.25, -0.2) is 4.98 Å². The number of carbonyl (C=O) groups is 1. The number of ether oxygens (including phenoxy) is 3. The van der Waals surface area contributed by atoms with Crippen LogP contribution in [0.1, 0.15) is 21.6 Å². The maximum Gasteiger partial charge on any atom is 0.211 e. The molecule has 2 aromatic heterocycles. The zero-order chi connectivity index (χ0) is 20.5. The Morgan fingerprint density at radius 3 is 2.38 bits per heavy atom. The Morgan fingerprint density at radius 1 is 1.00 bits per heavy atom. The first-order valence-electron chi connectivity index (χ1n) is 9.03. The molecule has 0 aliphatic rings. The van der Waals surface area contributed by atoms with E-state index in [1.54, 1.807) is 12.1 Å². The van der Waals surface area contributed by atoms with Gasteiger partial charge in [-0.1, -0.05) is 12.1 Å². The lowest BCUT2D eigenvalue weighted by molar-refractivity contribution is 0.103. The van der Waals surface area contributed by atoms with Crippen LogP contribution in [-0.4, -0.2) is 42.1 Å². The molecule has 0 saturated heterocycles. The number of benzene rings is 2. The number of nitrogens with one attached hydrogen (secondary N) is 2. The second kappa shape index (κ2) is 7.35. The highest BCUT2D eigenvalue weighted by Crippen LogP contribution is 2.38. The van der Waals surface area contributed by atoms with Crippen LogP contribution in [0, 0.1) is 6.92 Å². The van der Waals surface area contributed by atoms with Crippen LogP contribution in [-0.2, 0) is 0 Å². The van der Waals surface area contributed by atoms with Gasteiger partial charge in [-0.2, -0.15) is 0 Å². The average Bonchev–Trinajstić information content (AvgIpc) is 3.38. The molecule has 0 unspecified atom stereocenters. The summed E-state index contributed by atoms with van der Waals surface area (Å²) < 4.78 is 16.0. The standard InChI is InChI=1S/C22H21N3O4/c1-12-5-6-14-15(10-23-16(14)7-12)22-24-11-17(25-22)20(26)13-8-18(27-2)21(29-4)19(9-13)28-3/h5-11,23H,1-4H3,(H,24,25). The molecule has 0 spiro atoms. The summed E-state index contributed by atoms with van der Waals surface area (Å²) in [6.45, 7) is 2.04. The molecule has 2 aromatic carbocycles. The molecule has 29 heavy (non-hydrogen) atoms. The third kappa shape index (κ3) is 3.20. The molecule has 4 aromatic rings. The van der Waals surface area contributed by atoms with Crippen LogP contribution in [0.2, 0.25) is 0 Å². The minimum Gasteiger partial charge on any atom is -0.493 e. The predicted molar refractivity (Wildman–Crippen MR) is 110 cm³/mol. The van der Waals surface area contributed by atoms with Crippen molar-refractivity contribution < 1.29 is 19.0 Å². The quantitative estimate of drug-likeness (QED) is 0.483. The molecule has 0 aliphatic heterocycles. The molecule has 0 amide bonds. The van der Waals surface area contributed by atoms with Crippen molar-refractivity contribution in [3.63, 3.8) is 0 Å². The molecule has 4 rings (SSSR count). The number of H-pyrrole nitrogens is 2. The fourth-order valence-corrected chi connectivity index (χ4v) is 3.38. The number of nitrogens with zero attached hydrogens (tertiary/aromatic N) is 1. The highest BCUT2D eigenvalue weighted by molar-refractivity contribution is 6.09. The van der Waals surface area contributed by atoms with Gasteiger partial charge in [0.05, 0.1) is 27.5 Å². The van der Waals surface area contributed by atoms with Crippen molar-refractivity contribution >= 4 is 16.7 Å². The lowest BCUT2D eigenvalue weighted by Gasteiger charge is -2.13. The molecule has 2 N–H and O–H groups in total. The summed E-state index contributed by atoms with van der Waals surface area (Å²) >= 11 is 0. The van der Waals surface area contributed by atoms with E-state index >= 15 is 0 Å². The summed E-state index contributed by atoms with van der Waals surface area (Å²) in [5.74, 6) is 1.67. The van der Waals surface area contributed by atoms with Gasteiger partial charge < -0.3 is 24.2 Å². The first-order chi connectivity index (χ1) is 14.0. The van der Waals surface area contributed by atoms with E-state index < -0.39 is 0 Å². The lowest BCUT2D eigenvalue weighted by atomic mass is 10.1.